The van der Waals surface area contributed by atoms with Crippen LogP contribution in [-0.2, 0) is 10.0 Å². The van der Waals surface area contributed by atoms with Gasteiger partial charge in [-0.2, -0.15) is 0 Å². The molecule has 1 aromatic rings. The van der Waals surface area contributed by atoms with E-state index < -0.39 is 10.0 Å². The standard InChI is InChI=1S/C22H35ClN2O2S/c1-24(28(26,27)22-11-9-21(23)10-12-22)17-13-19-5-7-20(8-6-19)14-18-25-15-3-2-4-16-25/h9-12,19-20H,2-8,13-18H2,1H3. The van der Waals surface area contributed by atoms with Crippen LogP contribution in [0.1, 0.15) is 57.8 Å². The summed E-state index contributed by atoms with van der Waals surface area (Å²) in [4.78, 5) is 2.97. The van der Waals surface area contributed by atoms with Gasteiger partial charge in [0.05, 0.1) is 4.90 Å². The van der Waals surface area contributed by atoms with Gasteiger partial charge in [-0.1, -0.05) is 43.7 Å². The van der Waals surface area contributed by atoms with E-state index >= 15 is 0 Å². The molecule has 1 saturated heterocycles. The van der Waals surface area contributed by atoms with Gasteiger partial charge in [-0.25, -0.2) is 12.7 Å². The second kappa shape index (κ2) is 10.4. The minimum atomic E-state index is -3.42. The number of nitrogens with zero attached hydrogens (tertiary/aromatic N) is 2. The topological polar surface area (TPSA) is 40.6 Å². The van der Waals surface area contributed by atoms with Crippen LogP contribution in [0.5, 0.6) is 0 Å². The second-order valence-corrected chi connectivity index (χ2v) is 11.1. The van der Waals surface area contributed by atoms with Gasteiger partial charge in [0.2, 0.25) is 10.0 Å². The normalized spacial score (nSPS) is 24.5. The third kappa shape index (κ3) is 6.19. The van der Waals surface area contributed by atoms with Gasteiger partial charge in [0.1, 0.15) is 0 Å². The molecule has 1 aromatic carbocycles. The molecule has 4 nitrogen and oxygen atoms in total. The Labute approximate surface area is 176 Å². The highest BCUT2D eigenvalue weighted by Crippen LogP contribution is 2.33. The number of piperidine rings is 1. The first kappa shape index (κ1) is 22.1. The monoisotopic (exact) mass is 426 g/mol. The molecule has 0 atom stereocenters. The first-order chi connectivity index (χ1) is 13.4. The van der Waals surface area contributed by atoms with Crippen LogP contribution in [0.25, 0.3) is 0 Å². The van der Waals surface area contributed by atoms with E-state index in [1.54, 1.807) is 31.3 Å². The summed E-state index contributed by atoms with van der Waals surface area (Å²) in [7, 11) is -1.73. The largest absolute Gasteiger partial charge is 0.303 e. The number of likely N-dealkylation sites (tertiary alicyclic amines) is 1. The summed E-state index contributed by atoms with van der Waals surface area (Å²) in [5.74, 6) is 1.53. The predicted molar refractivity (Wildman–Crippen MR) is 116 cm³/mol. The van der Waals surface area contributed by atoms with E-state index in [0.717, 1.165) is 12.3 Å². The zero-order valence-electron chi connectivity index (χ0n) is 17.2. The van der Waals surface area contributed by atoms with Crippen molar-refractivity contribution in [3.63, 3.8) is 0 Å². The van der Waals surface area contributed by atoms with Crippen LogP contribution in [0, 0.1) is 11.8 Å². The number of hydrogen-bond donors (Lipinski definition) is 0. The van der Waals surface area contributed by atoms with E-state index in [-0.39, 0.29) is 0 Å². The fraction of sp³-hybridized carbons (Fsp3) is 0.727. The summed E-state index contributed by atoms with van der Waals surface area (Å²) in [6.07, 6.45) is 11.6. The number of hydrogen-bond acceptors (Lipinski definition) is 3. The van der Waals surface area contributed by atoms with Gasteiger partial charge >= 0.3 is 0 Å². The lowest BCUT2D eigenvalue weighted by molar-refractivity contribution is 0.185. The second-order valence-electron chi connectivity index (χ2n) is 8.65. The van der Waals surface area contributed by atoms with E-state index in [4.69, 9.17) is 11.6 Å². The molecular weight excluding hydrogens is 392 g/mol. The van der Waals surface area contributed by atoms with Crippen LogP contribution in [0.3, 0.4) is 0 Å². The first-order valence-corrected chi connectivity index (χ1v) is 12.7. The van der Waals surface area contributed by atoms with Gasteiger partial charge in [-0.05, 0) is 81.4 Å². The summed E-state index contributed by atoms with van der Waals surface area (Å²) < 4.78 is 26.9. The number of benzene rings is 1. The van der Waals surface area contributed by atoms with Gasteiger partial charge in [0.15, 0.2) is 0 Å². The molecule has 3 rings (SSSR count). The first-order valence-electron chi connectivity index (χ1n) is 10.9. The molecule has 28 heavy (non-hydrogen) atoms. The fourth-order valence-corrected chi connectivity index (χ4v) is 5.94. The maximum atomic E-state index is 12.7. The third-order valence-electron chi connectivity index (χ3n) is 6.64. The molecular formula is C22H35ClN2O2S. The van der Waals surface area contributed by atoms with Gasteiger partial charge in [-0.15, -0.1) is 0 Å². The summed E-state index contributed by atoms with van der Waals surface area (Å²) >= 11 is 5.87. The van der Waals surface area contributed by atoms with Crippen molar-refractivity contribution in [3.05, 3.63) is 29.3 Å². The molecule has 1 heterocycles. The minimum Gasteiger partial charge on any atom is -0.303 e. The summed E-state index contributed by atoms with van der Waals surface area (Å²) in [6, 6.07) is 6.43. The molecule has 0 radical (unpaired) electrons. The molecule has 0 unspecified atom stereocenters. The summed E-state index contributed by atoms with van der Waals surface area (Å²) in [5, 5.41) is 0.554. The van der Waals surface area contributed by atoms with Crippen molar-refractivity contribution in [2.24, 2.45) is 11.8 Å². The zero-order chi connectivity index (χ0) is 20.0. The lowest BCUT2D eigenvalue weighted by Crippen LogP contribution is -2.32. The Kier molecular flexibility index (Phi) is 8.22. The molecule has 1 saturated carbocycles. The molecule has 2 fully saturated rings. The Hall–Kier alpha value is -0.620. The highest BCUT2D eigenvalue weighted by atomic mass is 35.5. The maximum Gasteiger partial charge on any atom is 0.242 e. The number of sulfonamides is 1. The number of halogens is 1. The van der Waals surface area contributed by atoms with Crippen LogP contribution in [-0.4, -0.2) is 50.8 Å². The quantitative estimate of drug-likeness (QED) is 0.585. The minimum absolute atomic E-state index is 0.320. The molecule has 0 bridgehead atoms. The van der Waals surface area contributed by atoms with Crippen molar-refractivity contribution in [2.75, 3.05) is 33.2 Å². The van der Waals surface area contributed by atoms with E-state index in [2.05, 4.69) is 4.90 Å². The van der Waals surface area contributed by atoms with Crippen LogP contribution in [0.4, 0.5) is 0 Å². The highest BCUT2D eigenvalue weighted by molar-refractivity contribution is 7.89. The average molecular weight is 427 g/mol. The van der Waals surface area contributed by atoms with Crippen molar-refractivity contribution < 1.29 is 8.42 Å². The Morgan fingerprint density at radius 1 is 0.964 bits per heavy atom. The summed E-state index contributed by atoms with van der Waals surface area (Å²) in [6.45, 7) is 4.46. The lowest BCUT2D eigenvalue weighted by atomic mass is 9.79. The van der Waals surface area contributed by atoms with Crippen molar-refractivity contribution in [2.45, 2.75) is 62.7 Å². The average Bonchev–Trinajstić information content (AvgIpc) is 2.72. The maximum absolute atomic E-state index is 12.7. The van der Waals surface area contributed by atoms with E-state index in [1.807, 2.05) is 0 Å². The SMILES string of the molecule is CN(CCC1CCC(CCN2CCCCC2)CC1)S(=O)(=O)c1ccc(Cl)cc1. The Balaban J connectivity index is 1.38. The van der Waals surface area contributed by atoms with Gasteiger partial charge in [0.25, 0.3) is 0 Å². The third-order valence-corrected chi connectivity index (χ3v) is 8.77. The molecule has 1 aliphatic carbocycles. The van der Waals surface area contributed by atoms with E-state index in [0.29, 0.717) is 22.4 Å². The number of rotatable bonds is 8. The predicted octanol–water partition coefficient (Wildman–Crippen LogP) is 5.03. The van der Waals surface area contributed by atoms with Crippen molar-refractivity contribution >= 4 is 21.6 Å². The lowest BCUT2D eigenvalue weighted by Gasteiger charge is -2.32. The van der Waals surface area contributed by atoms with Crippen LogP contribution < -0.4 is 0 Å². The van der Waals surface area contributed by atoms with Crippen molar-refractivity contribution in [1.82, 2.24) is 9.21 Å². The molecule has 2 aliphatic rings. The van der Waals surface area contributed by atoms with Crippen molar-refractivity contribution in [3.8, 4) is 0 Å². The molecule has 1 aliphatic heterocycles. The van der Waals surface area contributed by atoms with E-state index in [9.17, 15) is 8.42 Å². The Morgan fingerprint density at radius 3 is 2.14 bits per heavy atom. The molecule has 0 amide bonds. The Bertz CT molecular complexity index is 694. The molecule has 0 spiro atoms. The molecule has 0 N–H and O–H groups in total. The van der Waals surface area contributed by atoms with Crippen LogP contribution in [0.15, 0.2) is 29.2 Å². The Morgan fingerprint density at radius 2 is 1.54 bits per heavy atom. The molecule has 0 aromatic heterocycles. The fourth-order valence-electron chi connectivity index (χ4n) is 4.63. The van der Waals surface area contributed by atoms with Crippen molar-refractivity contribution in [1.29, 1.82) is 0 Å². The summed E-state index contributed by atoms with van der Waals surface area (Å²) in [5.41, 5.74) is 0. The van der Waals surface area contributed by atoms with Gasteiger partial charge in [-0.3, -0.25) is 0 Å². The highest BCUT2D eigenvalue weighted by Gasteiger charge is 2.25. The zero-order valence-corrected chi connectivity index (χ0v) is 18.7. The van der Waals surface area contributed by atoms with Gasteiger partial charge < -0.3 is 4.90 Å². The van der Waals surface area contributed by atoms with Gasteiger partial charge in [0, 0.05) is 18.6 Å². The smallest absolute Gasteiger partial charge is 0.242 e. The molecule has 158 valence electrons. The molecule has 6 heteroatoms. The van der Waals surface area contributed by atoms with Crippen LogP contribution in [0.2, 0.25) is 5.02 Å². The van der Waals surface area contributed by atoms with Crippen LogP contribution >= 0.6 is 11.6 Å². The van der Waals surface area contributed by atoms with E-state index in [1.165, 1.54) is 75.3 Å².